The summed E-state index contributed by atoms with van der Waals surface area (Å²) in [5, 5.41) is 2.20. The summed E-state index contributed by atoms with van der Waals surface area (Å²) in [5.74, 6) is 4.72. The van der Waals surface area contributed by atoms with E-state index in [4.69, 9.17) is 27.8 Å². The molecule has 304 valence electrons. The number of hydrogen-bond donors (Lipinski definition) is 0. The number of aryl methyl sites for hydroxylation is 3. The molecule has 0 saturated heterocycles. The normalized spacial score (nSPS) is 15.4. The highest BCUT2D eigenvalue weighted by Crippen LogP contribution is 2.53. The average Bonchev–Trinajstić information content (AvgIpc) is 3.77. The maximum atomic E-state index is 7.24. The second-order valence-corrected chi connectivity index (χ2v) is 19.3. The van der Waals surface area contributed by atoms with Crippen molar-refractivity contribution in [2.45, 2.75) is 87.0 Å². The molecule has 0 spiro atoms. The van der Waals surface area contributed by atoms with Crippen molar-refractivity contribution in [1.29, 1.82) is 0 Å². The van der Waals surface area contributed by atoms with Crippen LogP contribution in [-0.2, 0) is 10.8 Å². The van der Waals surface area contributed by atoms with Crippen molar-refractivity contribution < 1.29 is 27.8 Å². The highest BCUT2D eigenvalue weighted by molar-refractivity contribution is 7.02. The predicted octanol–water partition coefficient (Wildman–Crippen LogP) is 10.9. The molecule has 0 N–H and O–H groups in total. The Kier molecular flexibility index (Phi) is 7.75. The van der Waals surface area contributed by atoms with Crippen LogP contribution in [0.2, 0.25) is 0 Å². The summed E-state index contributed by atoms with van der Waals surface area (Å²) < 4.78 is 39.6. The van der Waals surface area contributed by atoms with E-state index in [9.17, 15) is 0 Å². The maximum Gasteiger partial charge on any atom is 0.262 e. The van der Waals surface area contributed by atoms with Crippen molar-refractivity contribution in [3.8, 4) is 23.0 Å². The monoisotopic (exact) mass is 798 g/mol. The van der Waals surface area contributed by atoms with E-state index in [-0.39, 0.29) is 17.5 Å². The van der Waals surface area contributed by atoms with Crippen LogP contribution in [0, 0.1) is 34.6 Å². The van der Waals surface area contributed by atoms with Gasteiger partial charge in [0, 0.05) is 44.2 Å². The molecular weight excluding hydrogens is 747 g/mol. The molecule has 7 aromatic rings. The molecule has 0 unspecified atom stereocenters. The molecule has 60 heavy (non-hydrogen) atoms. The Morgan fingerprint density at radius 1 is 0.500 bits per heavy atom. The van der Waals surface area contributed by atoms with Gasteiger partial charge in [0.15, 0.2) is 23.0 Å². The van der Waals surface area contributed by atoms with E-state index in [1.54, 1.807) is 0 Å². The van der Waals surface area contributed by atoms with Gasteiger partial charge in [-0.3, -0.25) is 9.80 Å². The third-order valence-corrected chi connectivity index (χ3v) is 13.1. The fourth-order valence-corrected chi connectivity index (χ4v) is 10.2. The fourth-order valence-electron chi connectivity index (χ4n) is 10.2. The van der Waals surface area contributed by atoms with E-state index < -0.39 is 0 Å². The van der Waals surface area contributed by atoms with Gasteiger partial charge in [0.05, 0.1) is 11.4 Å². The molecule has 6 heterocycles. The van der Waals surface area contributed by atoms with Crippen molar-refractivity contribution in [3.63, 3.8) is 0 Å². The lowest BCUT2D eigenvalue weighted by molar-refractivity contribution is 0.170. The first-order valence-electron chi connectivity index (χ1n) is 21.3. The number of rotatable bonds is 2. The van der Waals surface area contributed by atoms with Crippen LogP contribution in [0.1, 0.15) is 80.5 Å². The van der Waals surface area contributed by atoms with E-state index in [1.807, 2.05) is 0 Å². The molecule has 4 aliphatic rings. The van der Waals surface area contributed by atoms with Crippen molar-refractivity contribution >= 4 is 79.6 Å². The lowest BCUT2D eigenvalue weighted by Gasteiger charge is -2.42. The number of benzene rings is 5. The Labute approximate surface area is 352 Å². The maximum absolute atomic E-state index is 7.24. The van der Waals surface area contributed by atoms with Crippen LogP contribution in [0.5, 0.6) is 23.0 Å². The number of hydrogen-bond acceptors (Lipinski definition) is 8. The van der Waals surface area contributed by atoms with E-state index in [0.717, 1.165) is 118 Å². The number of nitrogens with zero attached hydrogens (tertiary/aromatic N) is 2. The number of fused-ring (bicyclic) bond motifs is 10. The topological polar surface area (TPSA) is 69.7 Å². The zero-order valence-electron chi connectivity index (χ0n) is 36.5. The van der Waals surface area contributed by atoms with E-state index in [1.165, 1.54) is 16.6 Å². The minimum Gasteiger partial charge on any atom is -0.486 e. The second-order valence-electron chi connectivity index (χ2n) is 19.3. The predicted molar refractivity (Wildman–Crippen MR) is 243 cm³/mol. The lowest BCUT2D eigenvalue weighted by atomic mass is 9.33. The summed E-state index contributed by atoms with van der Waals surface area (Å²) >= 11 is 0. The van der Waals surface area contributed by atoms with E-state index in [2.05, 4.69) is 147 Å². The molecule has 8 nitrogen and oxygen atoms in total. The standard InChI is InChI=1S/C51H51BN2O6/c1-26-20-35-43-36(21-26)54(45-28(3)23-40-47(30(45)5)58-19-17-56-40)49-42(34-25-32(51(9,10)11)13-15-38(34)60-49)52(43)41-33-24-31(50(6,7)8)12-14-37(33)59-48(41)53(35)44-27(2)22-39-46(29(44)4)57-18-16-55-39/h12-15,20-25H,16-19H2,1-11H3. The molecule has 0 atom stereocenters. The summed E-state index contributed by atoms with van der Waals surface area (Å²) in [6.45, 7) is 26.3. The molecule has 0 bridgehead atoms. The van der Waals surface area contributed by atoms with Gasteiger partial charge in [0.2, 0.25) is 11.8 Å². The van der Waals surface area contributed by atoms with Crippen LogP contribution in [0.3, 0.4) is 0 Å². The Morgan fingerprint density at radius 3 is 1.33 bits per heavy atom. The SMILES string of the molecule is Cc1cc2c3c(c1)N(c1c(C)cc4c(c1C)OCCO4)c1oc4ccc(C(C)(C)C)cc4c1B3c1c(oc3ccc(C(C)(C)C)cc13)N2c1c(C)cc2c(c1C)OCCO2. The van der Waals surface area contributed by atoms with Gasteiger partial charge in [-0.15, -0.1) is 0 Å². The van der Waals surface area contributed by atoms with Crippen LogP contribution in [-0.4, -0.2) is 33.1 Å². The number of furan rings is 2. The Bertz CT molecular complexity index is 2800. The first kappa shape index (κ1) is 37.1. The largest absolute Gasteiger partial charge is 0.486 e. The van der Waals surface area contributed by atoms with Gasteiger partial charge in [-0.25, -0.2) is 0 Å². The molecule has 0 amide bonds. The molecule has 5 aromatic carbocycles. The van der Waals surface area contributed by atoms with Crippen LogP contribution in [0.4, 0.5) is 34.5 Å². The average molecular weight is 799 g/mol. The first-order valence-corrected chi connectivity index (χ1v) is 21.3. The smallest absolute Gasteiger partial charge is 0.262 e. The Morgan fingerprint density at radius 2 is 0.917 bits per heavy atom. The third kappa shape index (κ3) is 5.16. The van der Waals surface area contributed by atoms with Crippen LogP contribution in [0.15, 0.2) is 69.5 Å². The molecule has 0 fully saturated rings. The van der Waals surface area contributed by atoms with Gasteiger partial charge >= 0.3 is 0 Å². The van der Waals surface area contributed by atoms with Gasteiger partial charge < -0.3 is 27.8 Å². The Hall–Kier alpha value is -5.96. The quantitative estimate of drug-likeness (QED) is 0.160. The summed E-state index contributed by atoms with van der Waals surface area (Å²) in [7, 11) is 0. The van der Waals surface area contributed by atoms with Crippen molar-refractivity contribution in [2.24, 2.45) is 0 Å². The zero-order valence-corrected chi connectivity index (χ0v) is 36.5. The minimum atomic E-state index is -0.225. The minimum absolute atomic E-state index is 0.0817. The highest BCUT2D eigenvalue weighted by Gasteiger charge is 2.50. The lowest BCUT2D eigenvalue weighted by Crippen LogP contribution is -2.61. The molecule has 9 heteroatoms. The van der Waals surface area contributed by atoms with Crippen LogP contribution < -0.4 is 45.1 Å². The van der Waals surface area contributed by atoms with Gasteiger partial charge in [-0.1, -0.05) is 53.7 Å². The molecule has 2 aromatic heterocycles. The van der Waals surface area contributed by atoms with Crippen molar-refractivity contribution in [1.82, 2.24) is 0 Å². The number of anilines is 6. The molecule has 0 aliphatic carbocycles. The second kappa shape index (κ2) is 12.5. The van der Waals surface area contributed by atoms with Crippen molar-refractivity contribution in [3.05, 3.63) is 99.6 Å². The molecule has 11 rings (SSSR count). The van der Waals surface area contributed by atoms with E-state index >= 15 is 0 Å². The summed E-state index contributed by atoms with van der Waals surface area (Å²) in [6, 6.07) is 22.4. The molecule has 0 radical (unpaired) electrons. The molecule has 0 saturated carbocycles. The van der Waals surface area contributed by atoms with Gasteiger partial charge in [-0.2, -0.15) is 0 Å². The fraction of sp³-hybridized carbons (Fsp3) is 0.333. The summed E-state index contributed by atoms with van der Waals surface area (Å²) in [6.07, 6.45) is 0. The van der Waals surface area contributed by atoms with Gasteiger partial charge in [0.1, 0.15) is 37.6 Å². The summed E-state index contributed by atoms with van der Waals surface area (Å²) in [5.41, 5.74) is 16.9. The first-order chi connectivity index (χ1) is 28.6. The Balaban J connectivity index is 1.31. The van der Waals surface area contributed by atoms with Crippen LogP contribution in [0.25, 0.3) is 21.9 Å². The van der Waals surface area contributed by atoms with E-state index in [0.29, 0.717) is 26.4 Å². The number of ether oxygens (including phenoxy) is 4. The molecule has 4 aliphatic heterocycles. The van der Waals surface area contributed by atoms with Gasteiger partial charge in [-0.05, 0) is 127 Å². The third-order valence-electron chi connectivity index (χ3n) is 13.1. The zero-order chi connectivity index (χ0) is 41.7. The van der Waals surface area contributed by atoms with Crippen molar-refractivity contribution in [2.75, 3.05) is 36.2 Å². The summed E-state index contributed by atoms with van der Waals surface area (Å²) in [4.78, 5) is 4.74. The van der Waals surface area contributed by atoms with Crippen LogP contribution >= 0.6 is 0 Å². The van der Waals surface area contributed by atoms with Gasteiger partial charge in [0.25, 0.3) is 6.71 Å². The molecular formula is C51H51BN2O6. The highest BCUT2D eigenvalue weighted by atomic mass is 16.6.